The molecule has 3 heterocycles. The highest BCUT2D eigenvalue weighted by Gasteiger charge is 2.42. The lowest BCUT2D eigenvalue weighted by Gasteiger charge is -2.45. The molecule has 0 bridgehead atoms. The Morgan fingerprint density at radius 3 is 2.36 bits per heavy atom. The largest absolute Gasteiger partial charge is 0.479 e. The van der Waals surface area contributed by atoms with Gasteiger partial charge in [-0.2, -0.15) is 4.31 Å². The molecular formula is C36H43ClN4O10S2. The number of sulfonamides is 1. The molecule has 17 heteroatoms. The number of nitrogens with zero attached hydrogens (tertiary/aromatic N) is 2. The van der Waals surface area contributed by atoms with Gasteiger partial charge >= 0.3 is 18.0 Å². The third-order valence-corrected chi connectivity index (χ3v) is 12.5. The zero-order valence-electron chi connectivity index (χ0n) is 30.0. The molecule has 286 valence electrons. The van der Waals surface area contributed by atoms with Crippen molar-refractivity contribution in [2.75, 3.05) is 36.9 Å². The Bertz CT molecular complexity index is 2000. The van der Waals surface area contributed by atoms with Gasteiger partial charge in [0, 0.05) is 42.6 Å². The average Bonchev–Trinajstić information content (AvgIpc) is 3.34. The van der Waals surface area contributed by atoms with Crippen molar-refractivity contribution in [1.82, 2.24) is 9.21 Å². The first-order valence-electron chi connectivity index (χ1n) is 16.9. The molecule has 2 fully saturated rings. The molecule has 0 unspecified atom stereocenters. The number of carboxylic acids is 2. The van der Waals surface area contributed by atoms with E-state index in [0.29, 0.717) is 40.2 Å². The number of nitrogens with one attached hydrogen (secondary N) is 2. The molecule has 2 saturated heterocycles. The molecule has 2 aliphatic heterocycles. The minimum absolute atomic E-state index is 0.00311. The Morgan fingerprint density at radius 1 is 1.04 bits per heavy atom. The number of ether oxygens (including phenoxy) is 2. The lowest BCUT2D eigenvalue weighted by Crippen LogP contribution is -2.55. The Hall–Kier alpha value is -4.38. The number of benzene rings is 2. The van der Waals surface area contributed by atoms with Crippen molar-refractivity contribution in [1.29, 1.82) is 0 Å². The Kier molecular flexibility index (Phi) is 11.7. The lowest BCUT2D eigenvalue weighted by atomic mass is 9.89. The first-order valence-corrected chi connectivity index (χ1v) is 19.7. The molecule has 1 atom stereocenters. The standard InChI is InChI=1S/C36H43ClN4O10S2/c1-35(2,3)51-34(47)40-17-23(18-40)32(44)39-24-10-6-8-21(14-24)20-53(48,49)41-13-12-26(16-36(41,4)5)38-25-11-7-9-22(15-25)30-28(37)29(50-19-27(42)43)31(52-30)33(45)46/h6-11,14-15,23,26,38H,12-13,16-20H2,1-5H3,(H,39,44)(H,42,43)(H,45,46)/t26-/m0/s1. The minimum Gasteiger partial charge on any atom is -0.479 e. The van der Waals surface area contributed by atoms with Gasteiger partial charge in [-0.15, -0.1) is 11.3 Å². The van der Waals surface area contributed by atoms with Crippen LogP contribution in [0.3, 0.4) is 0 Å². The number of carbonyl (C=O) groups excluding carboxylic acids is 2. The van der Waals surface area contributed by atoms with E-state index in [0.717, 1.165) is 11.3 Å². The van der Waals surface area contributed by atoms with Crippen molar-refractivity contribution in [3.05, 3.63) is 64.0 Å². The van der Waals surface area contributed by atoms with Gasteiger partial charge in [0.25, 0.3) is 0 Å². The molecule has 0 spiro atoms. The van der Waals surface area contributed by atoms with Gasteiger partial charge in [-0.25, -0.2) is 22.8 Å². The Morgan fingerprint density at radius 2 is 1.72 bits per heavy atom. The van der Waals surface area contributed by atoms with Crippen molar-refractivity contribution < 1.29 is 47.3 Å². The average molecular weight is 791 g/mol. The molecule has 1 aromatic heterocycles. The summed E-state index contributed by atoms with van der Waals surface area (Å²) in [5, 5.41) is 25.0. The SMILES string of the molecule is CC(C)(C)OC(=O)N1CC(C(=O)Nc2cccc(CS(=O)(=O)N3CC[C@H](Nc4cccc(-c5sc(C(=O)O)c(OCC(=O)O)c5Cl)c4)CC3(C)C)c2)C1. The van der Waals surface area contributed by atoms with Gasteiger partial charge < -0.3 is 35.2 Å². The molecule has 2 aliphatic rings. The normalized spacial score (nSPS) is 17.8. The molecule has 0 radical (unpaired) electrons. The second-order valence-electron chi connectivity index (χ2n) is 14.7. The molecule has 14 nitrogen and oxygen atoms in total. The zero-order valence-corrected chi connectivity index (χ0v) is 32.4. The van der Waals surface area contributed by atoms with Crippen LogP contribution < -0.4 is 15.4 Å². The monoisotopic (exact) mass is 790 g/mol. The first-order chi connectivity index (χ1) is 24.7. The number of piperidine rings is 1. The molecule has 53 heavy (non-hydrogen) atoms. The summed E-state index contributed by atoms with van der Waals surface area (Å²) in [5.74, 6) is -3.68. The maximum atomic E-state index is 13.8. The summed E-state index contributed by atoms with van der Waals surface area (Å²) in [5.41, 5.74) is 0.934. The lowest BCUT2D eigenvalue weighted by molar-refractivity contribution is -0.139. The highest BCUT2D eigenvalue weighted by atomic mass is 35.5. The molecule has 5 rings (SSSR count). The number of carboxylic acid groups (broad SMARTS) is 2. The van der Waals surface area contributed by atoms with Crippen molar-refractivity contribution in [2.45, 2.75) is 70.4 Å². The Labute approximate surface area is 317 Å². The second-order valence-corrected chi connectivity index (χ2v) is 18.0. The van der Waals surface area contributed by atoms with E-state index in [-0.39, 0.29) is 53.0 Å². The topological polar surface area (TPSA) is 192 Å². The molecule has 0 aliphatic carbocycles. The van der Waals surface area contributed by atoms with Crippen LogP contribution in [0.1, 0.15) is 62.7 Å². The summed E-state index contributed by atoms with van der Waals surface area (Å²) < 4.78 is 39.7. The molecule has 0 saturated carbocycles. The number of likely N-dealkylation sites (tertiary alicyclic amines) is 1. The van der Waals surface area contributed by atoms with Crippen LogP contribution in [0, 0.1) is 5.92 Å². The zero-order chi connectivity index (χ0) is 38.9. The maximum absolute atomic E-state index is 13.8. The fourth-order valence-electron chi connectivity index (χ4n) is 6.38. The molecule has 2 amide bonds. The van der Waals surface area contributed by atoms with E-state index in [9.17, 15) is 32.7 Å². The van der Waals surface area contributed by atoms with E-state index in [1.165, 1.54) is 9.21 Å². The van der Waals surface area contributed by atoms with E-state index >= 15 is 0 Å². The predicted octanol–water partition coefficient (Wildman–Crippen LogP) is 6.22. The van der Waals surface area contributed by atoms with Crippen molar-refractivity contribution in [3.8, 4) is 16.2 Å². The summed E-state index contributed by atoms with van der Waals surface area (Å²) in [6.45, 7) is 9.08. The Balaban J connectivity index is 1.19. The maximum Gasteiger partial charge on any atom is 0.410 e. The van der Waals surface area contributed by atoms with Crippen LogP contribution in [0.25, 0.3) is 10.4 Å². The van der Waals surface area contributed by atoms with E-state index in [4.69, 9.17) is 26.2 Å². The van der Waals surface area contributed by atoms with Gasteiger partial charge in [0.1, 0.15) is 10.6 Å². The predicted molar refractivity (Wildman–Crippen MR) is 201 cm³/mol. The van der Waals surface area contributed by atoms with Gasteiger partial charge in [-0.05, 0) is 82.9 Å². The van der Waals surface area contributed by atoms with Crippen LogP contribution in [0.15, 0.2) is 48.5 Å². The molecule has 4 N–H and O–H groups in total. The summed E-state index contributed by atoms with van der Waals surface area (Å²) >= 11 is 7.36. The summed E-state index contributed by atoms with van der Waals surface area (Å²) in [6.07, 6.45) is 0.537. The van der Waals surface area contributed by atoms with Crippen molar-refractivity contribution in [2.24, 2.45) is 5.92 Å². The number of anilines is 2. The van der Waals surface area contributed by atoms with Crippen LogP contribution in [0.2, 0.25) is 5.02 Å². The van der Waals surface area contributed by atoms with Gasteiger partial charge in [0.2, 0.25) is 15.9 Å². The summed E-state index contributed by atoms with van der Waals surface area (Å²) in [7, 11) is -3.77. The van der Waals surface area contributed by atoms with Gasteiger partial charge in [0.15, 0.2) is 17.2 Å². The van der Waals surface area contributed by atoms with Gasteiger partial charge in [-0.3, -0.25) is 4.79 Å². The number of thiophene rings is 1. The fourth-order valence-corrected chi connectivity index (χ4v) is 9.75. The highest BCUT2D eigenvalue weighted by Crippen LogP contribution is 2.46. The number of amides is 2. The second kappa shape index (κ2) is 15.5. The number of carbonyl (C=O) groups is 4. The number of hydrogen-bond donors (Lipinski definition) is 4. The van der Waals surface area contributed by atoms with Crippen LogP contribution in [-0.2, 0) is 30.1 Å². The number of aliphatic carboxylic acids is 1. The van der Waals surface area contributed by atoms with Gasteiger partial charge in [-0.1, -0.05) is 35.9 Å². The van der Waals surface area contributed by atoms with E-state index in [1.807, 2.05) is 19.9 Å². The summed E-state index contributed by atoms with van der Waals surface area (Å²) in [4.78, 5) is 49.6. The van der Waals surface area contributed by atoms with Crippen molar-refractivity contribution in [3.63, 3.8) is 0 Å². The first kappa shape index (κ1) is 39.8. The number of hydrogen-bond acceptors (Lipinski definition) is 10. The minimum atomic E-state index is -3.77. The number of aromatic carboxylic acids is 1. The fraction of sp³-hybridized carbons (Fsp3) is 0.444. The number of halogens is 1. The smallest absolute Gasteiger partial charge is 0.410 e. The highest BCUT2D eigenvalue weighted by molar-refractivity contribution is 7.88. The summed E-state index contributed by atoms with van der Waals surface area (Å²) in [6, 6.07) is 13.8. The van der Waals surface area contributed by atoms with E-state index in [1.54, 1.807) is 63.2 Å². The van der Waals surface area contributed by atoms with Crippen LogP contribution in [0.5, 0.6) is 5.75 Å². The quantitative estimate of drug-likeness (QED) is 0.163. The van der Waals surface area contributed by atoms with Gasteiger partial charge in [0.05, 0.1) is 16.5 Å². The van der Waals surface area contributed by atoms with E-state index < -0.39 is 51.7 Å². The third kappa shape index (κ3) is 9.79. The van der Waals surface area contributed by atoms with Crippen molar-refractivity contribution >= 4 is 68.3 Å². The molecular weight excluding hydrogens is 748 g/mol. The van der Waals surface area contributed by atoms with Crippen LogP contribution >= 0.6 is 22.9 Å². The number of rotatable bonds is 12. The molecule has 3 aromatic rings. The third-order valence-electron chi connectivity index (χ3n) is 8.72. The molecule has 2 aromatic carbocycles. The van der Waals surface area contributed by atoms with Crippen LogP contribution in [-0.4, -0.2) is 95.2 Å². The van der Waals surface area contributed by atoms with Crippen LogP contribution in [0.4, 0.5) is 16.2 Å². The van der Waals surface area contributed by atoms with E-state index in [2.05, 4.69) is 10.6 Å².